The number of nitrogens with one attached hydrogen (secondary N) is 2. The third-order valence-corrected chi connectivity index (χ3v) is 41.1. The Balaban J connectivity index is 0.000000271. The maximum absolute atomic E-state index is 13.2. The van der Waals surface area contributed by atoms with Gasteiger partial charge in [-0.05, 0) is 172 Å². The first-order chi connectivity index (χ1) is 63.4. The molecule has 0 bridgehead atoms. The fraction of sp³-hybridized carbons (Fsp3) is 0.602. The van der Waals surface area contributed by atoms with Gasteiger partial charge in [0.25, 0.3) is 16.7 Å². The van der Waals surface area contributed by atoms with Gasteiger partial charge in [0.2, 0.25) is 0 Å². The summed E-state index contributed by atoms with van der Waals surface area (Å²) < 4.78 is 61.4. The topological polar surface area (TPSA) is 320 Å². The van der Waals surface area contributed by atoms with E-state index < -0.39 is 95.2 Å². The lowest BCUT2D eigenvalue weighted by molar-refractivity contribution is -0.0441. The highest BCUT2D eigenvalue weighted by Gasteiger charge is 2.49. The first kappa shape index (κ1) is 119. The van der Waals surface area contributed by atoms with Gasteiger partial charge in [-0.3, -0.25) is 38.1 Å². The van der Waals surface area contributed by atoms with Crippen LogP contribution in [0.25, 0.3) is 0 Å². The number of aromatic amines is 2. The minimum Gasteiger partial charge on any atom is -0.443 e. The number of nitrogens with zero attached hydrogens (tertiary/aromatic N) is 4. The number of alkyl halides is 1. The van der Waals surface area contributed by atoms with Gasteiger partial charge in [0.05, 0.1) is 81.3 Å². The lowest BCUT2D eigenvalue weighted by Crippen LogP contribution is -2.47. The Morgan fingerprint density at radius 1 is 0.420 bits per heavy atom. The first-order valence-corrected chi connectivity index (χ1v) is 59.1. The number of hydrogen-bond acceptors (Lipinski definition) is 19. The summed E-state index contributed by atoms with van der Waals surface area (Å²) in [5.41, 5.74) is 13.3. The highest BCUT2D eigenvalue weighted by Crippen LogP contribution is 2.46. The zero-order valence-electron chi connectivity index (χ0n) is 89.5. The van der Waals surface area contributed by atoms with Gasteiger partial charge in [0, 0.05) is 58.9 Å². The molecule has 0 spiro atoms. The Morgan fingerprint density at radius 2 is 0.725 bits per heavy atom. The summed E-state index contributed by atoms with van der Waals surface area (Å²) in [4.78, 5) is 93.9. The number of aromatic nitrogens is 6. The van der Waals surface area contributed by atoms with Crippen LogP contribution in [-0.2, 0) is 107 Å². The van der Waals surface area contributed by atoms with Crippen LogP contribution in [0.5, 0.6) is 0 Å². The number of aliphatic hydroxyl groups excluding tert-OH is 2. The van der Waals surface area contributed by atoms with Crippen LogP contribution >= 0.6 is 31.9 Å². The predicted octanol–water partition coefficient (Wildman–Crippen LogP) is 23.4. The van der Waals surface area contributed by atoms with Crippen LogP contribution in [0.3, 0.4) is 0 Å². The van der Waals surface area contributed by atoms with E-state index in [1.165, 1.54) is 58.4 Å². The number of anilines is 1. The van der Waals surface area contributed by atoms with E-state index in [9.17, 15) is 38.7 Å². The fourth-order valence-electron chi connectivity index (χ4n) is 15.6. The molecule has 9 atom stereocenters. The molecule has 3 fully saturated rings. The first-order valence-electron chi connectivity index (χ1n) is 48.5. The van der Waals surface area contributed by atoms with Gasteiger partial charge >= 0.3 is 23.2 Å². The van der Waals surface area contributed by atoms with Crippen LogP contribution in [0.2, 0.25) is 54.4 Å². The number of hydrogen-bond donors (Lipinski definition) is 5. The molecule has 3 aliphatic rings. The summed E-state index contributed by atoms with van der Waals surface area (Å²) in [6.07, 6.45) is 3.28. The highest BCUT2D eigenvalue weighted by molar-refractivity contribution is 9.10. The van der Waals surface area contributed by atoms with Crippen LogP contribution in [0.1, 0.15) is 313 Å². The molecule has 25 nitrogen and oxygen atoms in total. The summed E-state index contributed by atoms with van der Waals surface area (Å²) in [6, 6.07) is 40.6. The Bertz CT molecular complexity index is 5440. The van der Waals surface area contributed by atoms with Crippen molar-refractivity contribution < 1.29 is 56.7 Å². The summed E-state index contributed by atoms with van der Waals surface area (Å²) in [6.45, 7) is 75.2. The number of halogens is 2. The molecule has 0 saturated carbocycles. The highest BCUT2D eigenvalue weighted by atomic mass is 79.9. The molecule has 11 rings (SSSR count). The van der Waals surface area contributed by atoms with E-state index in [1.54, 1.807) is 27.0 Å². The minimum atomic E-state index is -2.12. The monoisotopic (exact) mass is 2090 g/mol. The van der Waals surface area contributed by atoms with Crippen molar-refractivity contribution in [3.8, 4) is 0 Å². The van der Waals surface area contributed by atoms with Crippen LogP contribution in [0, 0.1) is 0 Å². The standard InChI is InChI=1S/C28H44N2O5Si.C27H42N2O6Si.C22H37BrN2O6Si.C11H16O.C10H13Br.C10H15N/c1-10-22-23(35-36(8,9)28(5,6)7)15-24(34-22)30-16-20(25(31)29-26(30)32)18-33-17-19-13-11-12-14-21(19)27(2,3)4;1-26(2,3)20-12-10-9-11-18(20)16-33-17-19-14-29(25(32)28-24(19)31)23-13-21(22(15-30)34-23)35-36(7,8)27(4,5)6;1-10-15-16(31-32(8,9)22(5,6)7)11-17(29-15)24-13-14(12-23)18(26)25(19(24)27)20(28)30-21(2,3)4;1-11(2,3)10-7-5-4-6-9(10)8-12;2*1-10(2,3)8-6-4-5-7-9(8)11/h11-14,16,22-24H,10,15,17-18H2,1-9H3,(H,29,31,32);9-12,14,21-23,30H,13,15-17H2,1-8H3,(H,28,31,32);13,15-17H,10-12H2,1-9H3;4-7,12H,8H2,1-3H3;4-7H,1-3H3;4-7H,11H2,1-3H3/t22-,23-,24-;21-,22-,23-;15-,16-,17-;;;/m111.../s1. The van der Waals surface area contributed by atoms with Crippen molar-refractivity contribution in [1.82, 2.24) is 28.2 Å². The number of benzene rings is 5. The van der Waals surface area contributed by atoms with Gasteiger partial charge in [-0.25, -0.2) is 19.2 Å². The summed E-state index contributed by atoms with van der Waals surface area (Å²) in [7, 11) is -6.18. The van der Waals surface area contributed by atoms with Crippen molar-refractivity contribution in [3.05, 3.63) is 268 Å². The molecule has 0 aliphatic carbocycles. The second kappa shape index (κ2) is 48.8. The van der Waals surface area contributed by atoms with Crippen molar-refractivity contribution >= 4 is 68.6 Å². The average Bonchev–Trinajstić information content (AvgIpc) is 1.47. The second-order valence-corrected chi connectivity index (χ2v) is 62.7. The molecule has 3 aliphatic heterocycles. The Kier molecular flexibility index (Phi) is 42.2. The molecule has 3 saturated heterocycles. The fourth-order valence-corrected chi connectivity index (χ4v) is 20.9. The quantitative estimate of drug-likeness (QED) is 0.0239. The van der Waals surface area contributed by atoms with E-state index in [1.807, 2.05) is 85.8 Å². The number of rotatable bonds is 22. The Morgan fingerprint density at radius 3 is 1.03 bits per heavy atom. The molecular weight excluding hydrogens is 1930 g/mol. The molecule has 6 N–H and O–H groups in total. The summed E-state index contributed by atoms with van der Waals surface area (Å²) >= 11 is 6.81. The number of nitrogen functional groups attached to an aromatic ring is 1. The van der Waals surface area contributed by atoms with Crippen molar-refractivity contribution in [1.29, 1.82) is 0 Å². The number of para-hydroxylation sites is 1. The van der Waals surface area contributed by atoms with Gasteiger partial charge in [-0.1, -0.05) is 321 Å². The van der Waals surface area contributed by atoms with E-state index in [2.05, 4.69) is 297 Å². The van der Waals surface area contributed by atoms with Gasteiger partial charge in [-0.15, -0.1) is 0 Å². The third-order valence-electron chi connectivity index (χ3n) is 26.3. The van der Waals surface area contributed by atoms with Crippen molar-refractivity contribution in [2.75, 3.05) is 12.3 Å². The molecule has 768 valence electrons. The molecule has 0 radical (unpaired) electrons. The number of H-pyrrole nitrogens is 2. The van der Waals surface area contributed by atoms with Gasteiger partial charge in [0.1, 0.15) is 30.4 Å². The molecule has 0 unspecified atom stereocenters. The molecular formula is C108H167Br2N7O18Si3. The van der Waals surface area contributed by atoms with E-state index in [4.69, 9.17) is 52.5 Å². The van der Waals surface area contributed by atoms with E-state index in [0.717, 1.165) is 35.2 Å². The number of aliphatic hydroxyl groups is 2. The Labute approximate surface area is 841 Å². The second-order valence-electron chi connectivity index (χ2n) is 47.0. The van der Waals surface area contributed by atoms with Crippen LogP contribution < -0.4 is 39.5 Å². The largest absolute Gasteiger partial charge is 0.443 e. The molecule has 138 heavy (non-hydrogen) atoms. The summed E-state index contributed by atoms with van der Waals surface area (Å²) in [5, 5.41) is 19.3. The van der Waals surface area contributed by atoms with Crippen LogP contribution in [-0.4, -0.2) is 118 Å². The maximum Gasteiger partial charge on any atom is 0.425 e. The smallest absolute Gasteiger partial charge is 0.425 e. The van der Waals surface area contributed by atoms with E-state index in [-0.39, 0.29) is 110 Å². The zero-order valence-corrected chi connectivity index (χ0v) is 95.7. The molecule has 3 aromatic heterocycles. The maximum atomic E-state index is 13.2. The van der Waals surface area contributed by atoms with E-state index in [0.29, 0.717) is 48.2 Å². The SMILES string of the molecule is CC(C)(C)c1ccccc1Br.CC(C)(C)c1ccccc1CO.CC(C)(C)c1ccccc1COCc1cn([C@H]2C[C@@H](O[Si](C)(C)C(C)(C)C)[C@@H](CO)O2)c(=O)[nH]c1=O.CC(C)(C)c1ccccc1N.CC[C@H]1O[C@@H](n2cc(CBr)c(=O)n(C(=O)OC(C)(C)C)c2=O)C[C@H]1O[Si](C)(C)C(C)(C)C.CC[C@H]1O[C@@H](n2cc(COCc3ccccc3C(C)(C)C)c(=O)[nH]c2=O)C[C@H]1O[Si](C)(C)C(C)(C)C. The molecule has 0 amide bonds. The van der Waals surface area contributed by atoms with E-state index >= 15 is 0 Å². The van der Waals surface area contributed by atoms with Gasteiger partial charge in [0.15, 0.2) is 25.0 Å². The number of ether oxygens (including phenoxy) is 6. The lowest BCUT2D eigenvalue weighted by Gasteiger charge is -2.39. The average molecular weight is 2100 g/mol. The van der Waals surface area contributed by atoms with Gasteiger partial charge < -0.3 is 57.6 Å². The number of carbonyl (C=O) groups is 1. The molecule has 6 heterocycles. The lowest BCUT2D eigenvalue weighted by atomic mass is 9.84. The third kappa shape index (κ3) is 33.4. The number of nitrogens with two attached hydrogens (primary N) is 1. The zero-order chi connectivity index (χ0) is 105. The van der Waals surface area contributed by atoms with Crippen molar-refractivity contribution in [3.63, 3.8) is 0 Å². The number of carbonyl (C=O) groups excluding carboxylic acids is 1. The Hall–Kier alpha value is -7.38. The molecule has 8 aromatic rings. The predicted molar refractivity (Wildman–Crippen MR) is 572 cm³/mol. The normalized spacial score (nSPS) is 19.1. The van der Waals surface area contributed by atoms with Gasteiger partial charge in [-0.2, -0.15) is 4.57 Å². The van der Waals surface area contributed by atoms with Crippen LogP contribution in [0.15, 0.2) is 173 Å². The van der Waals surface area contributed by atoms with Crippen molar-refractivity contribution in [2.45, 2.75) is 414 Å². The molecule has 30 heteroatoms. The molecule has 5 aromatic carbocycles. The minimum absolute atomic E-state index is 0.00394. The summed E-state index contributed by atoms with van der Waals surface area (Å²) in [5.74, 6) is 0. The van der Waals surface area contributed by atoms with Crippen LogP contribution in [0.4, 0.5) is 10.5 Å². The van der Waals surface area contributed by atoms with Crippen molar-refractivity contribution in [2.24, 2.45) is 0 Å².